The van der Waals surface area contributed by atoms with Crippen molar-refractivity contribution in [2.45, 2.75) is 30.6 Å². The van der Waals surface area contributed by atoms with Gasteiger partial charge in [-0.2, -0.15) is 0 Å². The van der Waals surface area contributed by atoms with Crippen molar-refractivity contribution < 1.29 is 0 Å². The third-order valence-electron chi connectivity index (χ3n) is 4.36. The molecule has 0 aliphatic rings. The van der Waals surface area contributed by atoms with Gasteiger partial charge in [-0.3, -0.25) is 0 Å². The van der Waals surface area contributed by atoms with E-state index >= 15 is 0 Å². The van der Waals surface area contributed by atoms with Gasteiger partial charge in [-0.1, -0.05) is 35.5 Å². The van der Waals surface area contributed by atoms with Crippen LogP contribution in [0.4, 0.5) is 11.4 Å². The number of aromatic nitrogens is 2. The summed E-state index contributed by atoms with van der Waals surface area (Å²) in [5.74, 6) is 0. The molecule has 0 fully saturated rings. The van der Waals surface area contributed by atoms with Crippen molar-refractivity contribution in [3.8, 4) is 0 Å². The molecule has 4 heteroatoms. The van der Waals surface area contributed by atoms with Gasteiger partial charge in [-0.25, -0.2) is 9.97 Å². The topological polar surface area (TPSA) is 37.8 Å². The summed E-state index contributed by atoms with van der Waals surface area (Å²) in [6, 6.07) is 21.2. The summed E-state index contributed by atoms with van der Waals surface area (Å²) in [5.41, 5.74) is 6.33. The van der Waals surface area contributed by atoms with Gasteiger partial charge in [0.05, 0.1) is 11.4 Å². The zero-order chi connectivity index (χ0) is 18.8. The molecule has 0 unspecified atom stereocenters. The summed E-state index contributed by atoms with van der Waals surface area (Å²) >= 11 is 1.77. The zero-order valence-electron chi connectivity index (χ0n) is 15.7. The number of hydrogen-bond donors (Lipinski definition) is 1. The van der Waals surface area contributed by atoms with Crippen LogP contribution in [-0.2, 0) is 0 Å². The Bertz CT molecular complexity index is 1120. The highest BCUT2D eigenvalue weighted by Crippen LogP contribution is 2.36. The monoisotopic (exact) mass is 371 g/mol. The van der Waals surface area contributed by atoms with E-state index in [1.807, 2.05) is 19.1 Å². The first-order valence-electron chi connectivity index (χ1n) is 8.93. The molecule has 0 radical (unpaired) electrons. The predicted octanol–water partition coefficient (Wildman–Crippen LogP) is 6.45. The van der Waals surface area contributed by atoms with E-state index in [2.05, 4.69) is 77.7 Å². The zero-order valence-corrected chi connectivity index (χ0v) is 16.5. The summed E-state index contributed by atoms with van der Waals surface area (Å²) in [5, 5.41) is 4.63. The predicted molar refractivity (Wildman–Crippen MR) is 114 cm³/mol. The van der Waals surface area contributed by atoms with Gasteiger partial charge in [0, 0.05) is 27.1 Å². The Labute approximate surface area is 163 Å². The summed E-state index contributed by atoms with van der Waals surface area (Å²) in [6.07, 6.45) is 1.81. The van der Waals surface area contributed by atoms with Crippen LogP contribution in [0.25, 0.3) is 11.0 Å². The van der Waals surface area contributed by atoms with Gasteiger partial charge in [0.1, 0.15) is 0 Å². The van der Waals surface area contributed by atoms with E-state index in [0.717, 1.165) is 28.1 Å². The summed E-state index contributed by atoms with van der Waals surface area (Å²) in [6.45, 7) is 6.22. The molecule has 2 heterocycles. The second kappa shape index (κ2) is 7.41. The SMILES string of the molecule is Cc1cccc(Sc2ccc(C)cc2Nc2ccnc3nc(C)ccc23)c1. The molecule has 134 valence electrons. The molecule has 0 spiro atoms. The van der Waals surface area contributed by atoms with Crippen LogP contribution in [0.5, 0.6) is 0 Å². The minimum atomic E-state index is 0.764. The van der Waals surface area contributed by atoms with Crippen molar-refractivity contribution in [3.05, 3.63) is 83.7 Å². The third-order valence-corrected chi connectivity index (χ3v) is 5.43. The van der Waals surface area contributed by atoms with Crippen LogP contribution in [0, 0.1) is 20.8 Å². The maximum absolute atomic E-state index is 4.54. The first-order chi connectivity index (χ1) is 13.1. The fourth-order valence-electron chi connectivity index (χ4n) is 3.01. The fourth-order valence-corrected chi connectivity index (χ4v) is 4.02. The van der Waals surface area contributed by atoms with Crippen molar-refractivity contribution in [1.82, 2.24) is 9.97 Å². The van der Waals surface area contributed by atoms with Crippen molar-refractivity contribution in [3.63, 3.8) is 0 Å². The number of nitrogens with zero attached hydrogens (tertiary/aromatic N) is 2. The Kier molecular flexibility index (Phi) is 4.82. The van der Waals surface area contributed by atoms with Crippen molar-refractivity contribution in [2.24, 2.45) is 0 Å². The lowest BCUT2D eigenvalue weighted by Gasteiger charge is -2.14. The number of pyridine rings is 2. The lowest BCUT2D eigenvalue weighted by Crippen LogP contribution is -1.96. The Hall–Kier alpha value is -2.85. The van der Waals surface area contributed by atoms with Gasteiger partial charge in [0.25, 0.3) is 0 Å². The Balaban J connectivity index is 1.73. The standard InChI is InChI=1S/C23H21N3S/c1-15-5-4-6-18(13-15)27-22-10-7-16(2)14-21(22)26-20-11-12-24-23-19(20)9-8-17(3)25-23/h4-14H,1-3H3,(H,24,25,26). The van der Waals surface area contributed by atoms with Crippen LogP contribution in [0.15, 0.2) is 76.7 Å². The minimum Gasteiger partial charge on any atom is -0.354 e. The highest BCUT2D eigenvalue weighted by Gasteiger charge is 2.09. The van der Waals surface area contributed by atoms with Crippen LogP contribution in [0.3, 0.4) is 0 Å². The second-order valence-electron chi connectivity index (χ2n) is 6.73. The van der Waals surface area contributed by atoms with E-state index in [1.54, 1.807) is 18.0 Å². The lowest BCUT2D eigenvalue weighted by molar-refractivity contribution is 1.20. The average Bonchev–Trinajstić information content (AvgIpc) is 2.64. The third kappa shape index (κ3) is 3.96. The Morgan fingerprint density at radius 2 is 1.67 bits per heavy atom. The van der Waals surface area contributed by atoms with Gasteiger partial charge in [0.2, 0.25) is 0 Å². The minimum absolute atomic E-state index is 0.764. The number of hydrogen-bond acceptors (Lipinski definition) is 4. The maximum atomic E-state index is 4.54. The van der Waals surface area contributed by atoms with Crippen molar-refractivity contribution >= 4 is 34.2 Å². The van der Waals surface area contributed by atoms with E-state index in [-0.39, 0.29) is 0 Å². The molecule has 1 N–H and O–H groups in total. The van der Waals surface area contributed by atoms with Gasteiger partial charge in [-0.05, 0) is 68.8 Å². The Morgan fingerprint density at radius 1 is 0.815 bits per heavy atom. The molecule has 2 aromatic carbocycles. The second-order valence-corrected chi connectivity index (χ2v) is 7.84. The molecular formula is C23H21N3S. The van der Waals surface area contributed by atoms with Crippen LogP contribution < -0.4 is 5.32 Å². The van der Waals surface area contributed by atoms with E-state index in [1.165, 1.54) is 20.9 Å². The molecule has 0 saturated heterocycles. The number of rotatable bonds is 4. The van der Waals surface area contributed by atoms with Crippen molar-refractivity contribution in [2.75, 3.05) is 5.32 Å². The first kappa shape index (κ1) is 17.6. The van der Waals surface area contributed by atoms with Crippen LogP contribution >= 0.6 is 11.8 Å². The fraction of sp³-hybridized carbons (Fsp3) is 0.130. The molecule has 2 aromatic heterocycles. The summed E-state index contributed by atoms with van der Waals surface area (Å²) < 4.78 is 0. The Morgan fingerprint density at radius 3 is 2.52 bits per heavy atom. The highest BCUT2D eigenvalue weighted by molar-refractivity contribution is 7.99. The number of benzene rings is 2. The maximum Gasteiger partial charge on any atom is 0.161 e. The van der Waals surface area contributed by atoms with Crippen molar-refractivity contribution in [1.29, 1.82) is 0 Å². The molecule has 4 aromatic rings. The summed E-state index contributed by atoms with van der Waals surface area (Å²) in [7, 11) is 0. The molecule has 0 saturated carbocycles. The van der Waals surface area contributed by atoms with Crippen LogP contribution in [0.2, 0.25) is 0 Å². The molecular weight excluding hydrogens is 350 g/mol. The summed E-state index contributed by atoms with van der Waals surface area (Å²) in [4.78, 5) is 11.4. The van der Waals surface area contributed by atoms with E-state index in [4.69, 9.17) is 0 Å². The van der Waals surface area contributed by atoms with Crippen LogP contribution in [0.1, 0.15) is 16.8 Å². The highest BCUT2D eigenvalue weighted by atomic mass is 32.2. The van der Waals surface area contributed by atoms with E-state index in [9.17, 15) is 0 Å². The molecule has 0 amide bonds. The average molecular weight is 372 g/mol. The van der Waals surface area contributed by atoms with Gasteiger partial charge in [-0.15, -0.1) is 0 Å². The number of aryl methyl sites for hydroxylation is 3. The lowest BCUT2D eigenvalue weighted by atomic mass is 10.2. The number of anilines is 2. The number of nitrogens with one attached hydrogen (secondary N) is 1. The quantitative estimate of drug-likeness (QED) is 0.447. The molecule has 0 aliphatic carbocycles. The molecule has 4 rings (SSSR count). The van der Waals surface area contributed by atoms with Gasteiger partial charge < -0.3 is 5.32 Å². The molecule has 0 atom stereocenters. The van der Waals surface area contributed by atoms with Crippen LogP contribution in [-0.4, -0.2) is 9.97 Å². The smallest absolute Gasteiger partial charge is 0.161 e. The first-order valence-corrected chi connectivity index (χ1v) is 9.75. The van der Waals surface area contributed by atoms with Gasteiger partial charge in [0.15, 0.2) is 5.65 Å². The molecule has 3 nitrogen and oxygen atoms in total. The molecule has 27 heavy (non-hydrogen) atoms. The van der Waals surface area contributed by atoms with E-state index in [0.29, 0.717) is 0 Å². The van der Waals surface area contributed by atoms with Gasteiger partial charge >= 0.3 is 0 Å². The molecule has 0 aliphatic heterocycles. The number of fused-ring (bicyclic) bond motifs is 1. The normalized spacial score (nSPS) is 10.9. The van der Waals surface area contributed by atoms with E-state index < -0.39 is 0 Å². The molecule has 0 bridgehead atoms. The largest absolute Gasteiger partial charge is 0.354 e.